The van der Waals surface area contributed by atoms with Gasteiger partial charge in [0.05, 0.1) is 6.54 Å². The van der Waals surface area contributed by atoms with Crippen LogP contribution in [0.4, 0.5) is 0 Å². The number of nitrogens with zero attached hydrogens (tertiary/aromatic N) is 4. The molecular weight excluding hydrogens is 256 g/mol. The van der Waals surface area contributed by atoms with E-state index < -0.39 is 0 Å². The molecule has 2 unspecified atom stereocenters. The fourth-order valence-electron chi connectivity index (χ4n) is 2.00. The maximum Gasteiger partial charge on any atom is 0.140 e. The molecule has 1 aliphatic rings. The van der Waals surface area contributed by atoms with E-state index in [1.165, 1.54) is 12.8 Å². The second-order valence-corrected chi connectivity index (χ2v) is 5.55. The molecule has 1 saturated heterocycles. The van der Waals surface area contributed by atoms with Crippen LogP contribution in [0.2, 0.25) is 0 Å². The lowest BCUT2D eigenvalue weighted by molar-refractivity contribution is 0.152. The first-order chi connectivity index (χ1) is 7.16. The number of aryl methyl sites for hydroxylation is 1. The molecule has 0 radical (unpaired) electrons. The fraction of sp³-hybridized carbons (Fsp3) is 0.800. The first-order valence-electron chi connectivity index (χ1n) is 5.38. The van der Waals surface area contributed by atoms with Crippen molar-refractivity contribution in [2.24, 2.45) is 7.05 Å². The first kappa shape index (κ1) is 11.1. The summed E-state index contributed by atoms with van der Waals surface area (Å²) in [6.45, 7) is 4.29. The van der Waals surface area contributed by atoms with Crippen molar-refractivity contribution in [2.45, 2.75) is 37.2 Å². The lowest BCUT2D eigenvalue weighted by Crippen LogP contribution is -2.42. The van der Waals surface area contributed by atoms with Gasteiger partial charge < -0.3 is 0 Å². The Bertz CT molecular complexity index is 325. The van der Waals surface area contributed by atoms with Crippen LogP contribution in [0, 0.1) is 0 Å². The van der Waals surface area contributed by atoms with E-state index in [1.54, 1.807) is 6.33 Å². The molecule has 1 fully saturated rings. The number of likely N-dealkylation sites (tertiary alicyclic amines) is 1. The van der Waals surface area contributed by atoms with Crippen molar-refractivity contribution < 1.29 is 0 Å². The minimum absolute atomic E-state index is 0.627. The molecule has 0 aliphatic carbocycles. The molecule has 0 spiro atoms. The Morgan fingerprint density at radius 3 is 3.00 bits per heavy atom. The van der Waals surface area contributed by atoms with E-state index in [0.717, 1.165) is 18.9 Å². The van der Waals surface area contributed by atoms with Gasteiger partial charge in [0.2, 0.25) is 0 Å². The van der Waals surface area contributed by atoms with Crippen molar-refractivity contribution in [1.82, 2.24) is 19.7 Å². The zero-order valence-electron chi connectivity index (χ0n) is 9.23. The lowest BCUT2D eigenvalue weighted by Gasteiger charge is -2.35. The van der Waals surface area contributed by atoms with Gasteiger partial charge in [-0.05, 0) is 19.8 Å². The predicted octanol–water partition coefficient (Wildman–Crippen LogP) is 1.56. The summed E-state index contributed by atoms with van der Waals surface area (Å²) < 4.78 is 1.85. The van der Waals surface area contributed by atoms with Crippen LogP contribution in [0.15, 0.2) is 6.33 Å². The third kappa shape index (κ3) is 2.58. The van der Waals surface area contributed by atoms with Gasteiger partial charge in [0.1, 0.15) is 12.2 Å². The lowest BCUT2D eigenvalue weighted by atomic mass is 10.0. The summed E-state index contributed by atoms with van der Waals surface area (Å²) >= 11 is 3.69. The molecule has 2 rings (SSSR count). The number of aromatic nitrogens is 3. The van der Waals surface area contributed by atoms with Gasteiger partial charge in [-0.15, -0.1) is 0 Å². The quantitative estimate of drug-likeness (QED) is 0.767. The van der Waals surface area contributed by atoms with Gasteiger partial charge in [-0.2, -0.15) is 5.10 Å². The highest BCUT2D eigenvalue weighted by Gasteiger charge is 2.24. The smallest absolute Gasteiger partial charge is 0.140 e. The fourth-order valence-corrected chi connectivity index (χ4v) is 2.63. The van der Waals surface area contributed by atoms with Crippen LogP contribution >= 0.6 is 15.9 Å². The van der Waals surface area contributed by atoms with Gasteiger partial charge in [0.15, 0.2) is 0 Å². The Balaban J connectivity index is 2.01. The van der Waals surface area contributed by atoms with E-state index in [4.69, 9.17) is 0 Å². The number of rotatable bonds is 2. The van der Waals surface area contributed by atoms with E-state index in [1.807, 2.05) is 11.7 Å². The van der Waals surface area contributed by atoms with Gasteiger partial charge in [-0.1, -0.05) is 15.9 Å². The highest BCUT2D eigenvalue weighted by Crippen LogP contribution is 2.23. The SMILES string of the molecule is CC1CCC(Br)CN1Cc1ncnn1C. The molecule has 15 heavy (non-hydrogen) atoms. The molecule has 5 heteroatoms. The summed E-state index contributed by atoms with van der Waals surface area (Å²) in [5.74, 6) is 1.04. The van der Waals surface area contributed by atoms with Gasteiger partial charge in [0, 0.05) is 24.5 Å². The van der Waals surface area contributed by atoms with E-state index in [9.17, 15) is 0 Å². The van der Waals surface area contributed by atoms with E-state index in [-0.39, 0.29) is 0 Å². The summed E-state index contributed by atoms with van der Waals surface area (Å²) in [6, 6.07) is 0.649. The Labute approximate surface area is 98.8 Å². The molecule has 1 aromatic heterocycles. The molecule has 0 N–H and O–H groups in total. The molecule has 0 bridgehead atoms. The second-order valence-electron chi connectivity index (χ2n) is 4.25. The number of piperidine rings is 1. The largest absolute Gasteiger partial charge is 0.292 e. The summed E-state index contributed by atoms with van der Waals surface area (Å²) in [5.41, 5.74) is 0. The normalized spacial score (nSPS) is 28.2. The van der Waals surface area contributed by atoms with Gasteiger partial charge >= 0.3 is 0 Å². The van der Waals surface area contributed by atoms with Crippen molar-refractivity contribution in [3.63, 3.8) is 0 Å². The summed E-state index contributed by atoms with van der Waals surface area (Å²) in [6.07, 6.45) is 4.15. The Morgan fingerprint density at radius 1 is 1.53 bits per heavy atom. The number of halogens is 1. The van der Waals surface area contributed by atoms with Crippen molar-refractivity contribution in [3.05, 3.63) is 12.2 Å². The molecule has 4 nitrogen and oxygen atoms in total. The van der Waals surface area contributed by atoms with Crippen LogP contribution in [0.25, 0.3) is 0 Å². The van der Waals surface area contributed by atoms with Crippen LogP contribution in [-0.4, -0.2) is 37.1 Å². The van der Waals surface area contributed by atoms with Crippen molar-refractivity contribution in [2.75, 3.05) is 6.54 Å². The minimum atomic E-state index is 0.627. The molecule has 1 aliphatic heterocycles. The zero-order chi connectivity index (χ0) is 10.8. The molecule has 1 aromatic rings. The maximum absolute atomic E-state index is 4.26. The zero-order valence-corrected chi connectivity index (χ0v) is 10.8. The first-order valence-corrected chi connectivity index (χ1v) is 6.29. The second kappa shape index (κ2) is 4.61. The van der Waals surface area contributed by atoms with Crippen LogP contribution < -0.4 is 0 Å². The molecular formula is C10H17BrN4. The van der Waals surface area contributed by atoms with Crippen LogP contribution in [0.1, 0.15) is 25.6 Å². The van der Waals surface area contributed by atoms with Gasteiger partial charge in [-0.25, -0.2) is 4.98 Å². The Hall–Kier alpha value is -0.420. The topological polar surface area (TPSA) is 34.0 Å². The molecule has 2 heterocycles. The summed E-state index contributed by atoms with van der Waals surface area (Å²) in [5, 5.41) is 4.09. The molecule has 84 valence electrons. The number of hydrogen-bond acceptors (Lipinski definition) is 3. The third-order valence-corrected chi connectivity index (χ3v) is 3.85. The van der Waals surface area contributed by atoms with Crippen molar-refractivity contribution in [3.8, 4) is 0 Å². The monoisotopic (exact) mass is 272 g/mol. The van der Waals surface area contributed by atoms with Crippen LogP contribution in [0.5, 0.6) is 0 Å². The van der Waals surface area contributed by atoms with Crippen molar-refractivity contribution in [1.29, 1.82) is 0 Å². The van der Waals surface area contributed by atoms with E-state index >= 15 is 0 Å². The summed E-state index contributed by atoms with van der Waals surface area (Å²) in [7, 11) is 1.95. The highest BCUT2D eigenvalue weighted by atomic mass is 79.9. The average molecular weight is 273 g/mol. The van der Waals surface area contributed by atoms with E-state index in [0.29, 0.717) is 10.9 Å². The van der Waals surface area contributed by atoms with E-state index in [2.05, 4.69) is 37.8 Å². The maximum atomic E-state index is 4.26. The van der Waals surface area contributed by atoms with Crippen molar-refractivity contribution >= 4 is 15.9 Å². The molecule has 0 saturated carbocycles. The predicted molar refractivity (Wildman–Crippen MR) is 62.8 cm³/mol. The standard InChI is InChI=1S/C10H17BrN4/c1-8-3-4-9(11)5-15(8)6-10-12-7-13-14(10)2/h7-9H,3-6H2,1-2H3. The molecule has 0 amide bonds. The van der Waals surface area contributed by atoms with Gasteiger partial charge in [-0.3, -0.25) is 9.58 Å². The Morgan fingerprint density at radius 2 is 2.33 bits per heavy atom. The average Bonchev–Trinajstić information content (AvgIpc) is 2.58. The van der Waals surface area contributed by atoms with Crippen LogP contribution in [-0.2, 0) is 13.6 Å². The number of hydrogen-bond donors (Lipinski definition) is 0. The molecule has 0 aromatic carbocycles. The Kier molecular flexibility index (Phi) is 3.41. The minimum Gasteiger partial charge on any atom is -0.292 e. The molecule has 2 atom stereocenters. The summed E-state index contributed by atoms with van der Waals surface area (Å²) in [4.78, 5) is 7.36. The third-order valence-electron chi connectivity index (χ3n) is 3.10. The number of alkyl halides is 1. The van der Waals surface area contributed by atoms with Gasteiger partial charge in [0.25, 0.3) is 0 Å². The highest BCUT2D eigenvalue weighted by molar-refractivity contribution is 9.09. The van der Waals surface area contributed by atoms with Crippen LogP contribution in [0.3, 0.4) is 0 Å².